The molecule has 0 saturated carbocycles. The number of nitrogens with zero attached hydrogens (tertiary/aromatic N) is 3. The second-order valence-electron chi connectivity index (χ2n) is 5.89. The molecule has 0 spiro atoms. The van der Waals surface area contributed by atoms with Gasteiger partial charge in [0.15, 0.2) is 0 Å². The van der Waals surface area contributed by atoms with E-state index in [0.29, 0.717) is 0 Å². The van der Waals surface area contributed by atoms with Crippen LogP contribution in [0.25, 0.3) is 0 Å². The van der Waals surface area contributed by atoms with Gasteiger partial charge in [0, 0.05) is 38.0 Å². The Kier molecular flexibility index (Phi) is 6.50. The lowest BCUT2D eigenvalue weighted by Crippen LogP contribution is -2.49. The fourth-order valence-electron chi connectivity index (χ4n) is 2.99. The van der Waals surface area contributed by atoms with Crippen LogP contribution in [0.5, 0.6) is 0 Å². The van der Waals surface area contributed by atoms with Crippen molar-refractivity contribution >= 4 is 40.1 Å². The zero-order valence-electron chi connectivity index (χ0n) is 12.5. The number of hydrogen-bond acceptors (Lipinski definition) is 6. The van der Waals surface area contributed by atoms with Crippen molar-refractivity contribution in [2.45, 2.75) is 18.1 Å². The summed E-state index contributed by atoms with van der Waals surface area (Å²) in [7, 11) is 0. The Morgan fingerprint density at radius 1 is 1.19 bits per heavy atom. The van der Waals surface area contributed by atoms with Gasteiger partial charge in [-0.1, -0.05) is 24.0 Å². The number of rotatable bonds is 5. The first-order valence-electron chi connectivity index (χ1n) is 7.87. The van der Waals surface area contributed by atoms with Crippen molar-refractivity contribution in [3.8, 4) is 0 Å². The molecule has 7 heteroatoms. The normalized spacial score (nSPS) is 29.2. The van der Waals surface area contributed by atoms with Crippen molar-refractivity contribution in [1.29, 1.82) is 0 Å². The highest BCUT2D eigenvalue weighted by atomic mass is 32.2. The molecule has 0 aromatic carbocycles. The summed E-state index contributed by atoms with van der Waals surface area (Å²) < 4.78 is 6.51. The summed E-state index contributed by atoms with van der Waals surface area (Å²) in [5.41, 5.74) is 0. The molecule has 0 bridgehead atoms. The predicted octanol–water partition coefficient (Wildman–Crippen LogP) is 1.76. The zero-order valence-corrected chi connectivity index (χ0v) is 15.0. The van der Waals surface area contributed by atoms with E-state index in [2.05, 4.69) is 26.5 Å². The molecule has 3 fully saturated rings. The number of thiocarbonyl (C=S) groups is 1. The number of morpholine rings is 1. The Morgan fingerprint density at radius 2 is 2.00 bits per heavy atom. The highest BCUT2D eigenvalue weighted by molar-refractivity contribution is 8.22. The summed E-state index contributed by atoms with van der Waals surface area (Å²) in [6, 6.07) is 0. The van der Waals surface area contributed by atoms with Crippen LogP contribution in [0, 0.1) is 0 Å². The van der Waals surface area contributed by atoms with E-state index in [1.54, 1.807) is 0 Å². The van der Waals surface area contributed by atoms with E-state index in [-0.39, 0.29) is 0 Å². The maximum absolute atomic E-state index is 5.55. The van der Waals surface area contributed by atoms with Crippen molar-refractivity contribution in [3.63, 3.8) is 0 Å². The van der Waals surface area contributed by atoms with E-state index in [1.165, 1.54) is 18.6 Å². The Morgan fingerprint density at radius 3 is 2.76 bits per heavy atom. The smallest absolute Gasteiger partial charge is 0.138 e. The summed E-state index contributed by atoms with van der Waals surface area (Å²) in [5.74, 6) is 2.39. The van der Waals surface area contributed by atoms with Gasteiger partial charge < -0.3 is 9.64 Å². The first-order valence-corrected chi connectivity index (χ1v) is 10.3. The summed E-state index contributed by atoms with van der Waals surface area (Å²) in [6.45, 7) is 8.42. The Labute approximate surface area is 141 Å². The monoisotopic (exact) mass is 347 g/mol. The Hall–Kier alpha value is 0.470. The Bertz CT molecular complexity index is 346. The fourth-order valence-corrected chi connectivity index (χ4v) is 5.38. The average Bonchev–Trinajstić information content (AvgIpc) is 3.02. The van der Waals surface area contributed by atoms with Crippen LogP contribution in [-0.4, -0.2) is 88.5 Å². The first kappa shape index (κ1) is 16.3. The van der Waals surface area contributed by atoms with Gasteiger partial charge >= 0.3 is 0 Å². The summed E-state index contributed by atoms with van der Waals surface area (Å²) in [6.07, 6.45) is 2.74. The second kappa shape index (κ2) is 8.36. The second-order valence-corrected chi connectivity index (χ2v) is 8.87. The predicted molar refractivity (Wildman–Crippen MR) is 96.1 cm³/mol. The third-order valence-electron chi connectivity index (χ3n) is 4.28. The quantitative estimate of drug-likeness (QED) is 0.697. The number of hydrogen-bond donors (Lipinski definition) is 0. The lowest BCUT2D eigenvalue weighted by atomic mass is 10.2. The molecule has 0 aromatic rings. The van der Waals surface area contributed by atoms with Crippen LogP contribution < -0.4 is 0 Å². The van der Waals surface area contributed by atoms with E-state index < -0.39 is 0 Å². The molecule has 0 radical (unpaired) electrons. The minimum Gasteiger partial charge on any atom is -0.379 e. The van der Waals surface area contributed by atoms with Crippen LogP contribution in [0.2, 0.25) is 0 Å². The maximum Gasteiger partial charge on any atom is 0.138 e. The highest BCUT2D eigenvalue weighted by Crippen LogP contribution is 2.29. The van der Waals surface area contributed by atoms with Gasteiger partial charge in [-0.2, -0.15) is 11.8 Å². The minimum atomic E-state index is 0.794. The summed E-state index contributed by atoms with van der Waals surface area (Å²) in [4.78, 5) is 7.47. The SMILES string of the molecule is S=C1SCN(CCN2CCOCC2)CN1CC1CCCS1. The number of ether oxygens (including phenoxy) is 1. The van der Waals surface area contributed by atoms with Gasteiger partial charge in [0.2, 0.25) is 0 Å². The topological polar surface area (TPSA) is 19.0 Å². The summed E-state index contributed by atoms with van der Waals surface area (Å²) in [5, 5.41) is 0.794. The molecule has 21 heavy (non-hydrogen) atoms. The summed E-state index contributed by atoms with van der Waals surface area (Å²) >= 11 is 9.51. The van der Waals surface area contributed by atoms with Crippen molar-refractivity contribution in [1.82, 2.24) is 14.7 Å². The lowest BCUT2D eigenvalue weighted by molar-refractivity contribution is 0.0325. The highest BCUT2D eigenvalue weighted by Gasteiger charge is 2.26. The maximum atomic E-state index is 5.55. The molecule has 3 heterocycles. The van der Waals surface area contributed by atoms with Gasteiger partial charge in [-0.05, 0) is 18.6 Å². The van der Waals surface area contributed by atoms with Gasteiger partial charge in [-0.25, -0.2) is 0 Å². The zero-order chi connectivity index (χ0) is 14.5. The van der Waals surface area contributed by atoms with Crippen LogP contribution in [0.1, 0.15) is 12.8 Å². The minimum absolute atomic E-state index is 0.794. The fraction of sp³-hybridized carbons (Fsp3) is 0.929. The van der Waals surface area contributed by atoms with Crippen molar-refractivity contribution in [2.24, 2.45) is 0 Å². The molecular formula is C14H25N3OS3. The van der Waals surface area contributed by atoms with E-state index in [0.717, 1.165) is 68.1 Å². The van der Waals surface area contributed by atoms with Crippen LogP contribution >= 0.6 is 35.7 Å². The number of thioether (sulfide) groups is 2. The molecule has 0 aliphatic carbocycles. The van der Waals surface area contributed by atoms with Gasteiger partial charge in [0.1, 0.15) is 4.32 Å². The molecular weight excluding hydrogens is 322 g/mol. The van der Waals surface area contributed by atoms with Gasteiger partial charge in [-0.15, -0.1) is 0 Å². The van der Waals surface area contributed by atoms with E-state index in [4.69, 9.17) is 17.0 Å². The van der Waals surface area contributed by atoms with Gasteiger partial charge in [0.25, 0.3) is 0 Å². The van der Waals surface area contributed by atoms with Crippen molar-refractivity contribution < 1.29 is 4.74 Å². The molecule has 120 valence electrons. The third-order valence-corrected chi connectivity index (χ3v) is 7.28. The standard InChI is InChI=1S/C14H25N3OS3/c19-14-17(10-13-2-1-9-20-13)11-16(12-21-14)4-3-15-5-7-18-8-6-15/h13H,1-12H2. The molecule has 4 nitrogen and oxygen atoms in total. The molecule has 3 aliphatic heterocycles. The molecule has 1 unspecified atom stereocenters. The van der Waals surface area contributed by atoms with Crippen LogP contribution in [0.4, 0.5) is 0 Å². The van der Waals surface area contributed by atoms with E-state index >= 15 is 0 Å². The molecule has 0 aromatic heterocycles. The van der Waals surface area contributed by atoms with Gasteiger partial charge in [0.05, 0.1) is 25.8 Å². The Balaban J connectivity index is 1.42. The average molecular weight is 348 g/mol. The molecule has 3 aliphatic rings. The molecule has 3 rings (SSSR count). The molecule has 0 amide bonds. The van der Waals surface area contributed by atoms with E-state index in [9.17, 15) is 0 Å². The van der Waals surface area contributed by atoms with Crippen molar-refractivity contribution in [3.05, 3.63) is 0 Å². The lowest BCUT2D eigenvalue weighted by Gasteiger charge is -2.38. The first-order chi connectivity index (χ1) is 10.3. The van der Waals surface area contributed by atoms with Crippen LogP contribution in [0.3, 0.4) is 0 Å². The third kappa shape index (κ3) is 4.97. The van der Waals surface area contributed by atoms with Crippen LogP contribution in [-0.2, 0) is 4.74 Å². The van der Waals surface area contributed by atoms with Crippen LogP contribution in [0.15, 0.2) is 0 Å². The molecule has 3 saturated heterocycles. The van der Waals surface area contributed by atoms with Gasteiger partial charge in [-0.3, -0.25) is 9.80 Å². The molecule has 0 N–H and O–H groups in total. The van der Waals surface area contributed by atoms with E-state index in [1.807, 2.05) is 11.8 Å². The van der Waals surface area contributed by atoms with Crippen molar-refractivity contribution in [2.75, 3.05) is 64.2 Å². The largest absolute Gasteiger partial charge is 0.379 e. The molecule has 1 atom stereocenters.